The van der Waals surface area contributed by atoms with Crippen molar-refractivity contribution >= 4 is 16.7 Å². The van der Waals surface area contributed by atoms with Crippen molar-refractivity contribution in [2.24, 2.45) is 7.05 Å². The summed E-state index contributed by atoms with van der Waals surface area (Å²) in [5.74, 6) is 0.582. The predicted octanol–water partition coefficient (Wildman–Crippen LogP) is 2.67. The van der Waals surface area contributed by atoms with Crippen LogP contribution in [0.15, 0.2) is 42.5 Å². The van der Waals surface area contributed by atoms with Gasteiger partial charge in [0.05, 0.1) is 5.25 Å². The monoisotopic (exact) mass is 330 g/mol. The Morgan fingerprint density at radius 2 is 1.83 bits per heavy atom. The summed E-state index contributed by atoms with van der Waals surface area (Å²) in [7, 11) is 1.08. The van der Waals surface area contributed by atoms with E-state index in [1.807, 2.05) is 72.8 Å². The van der Waals surface area contributed by atoms with Gasteiger partial charge in [-0.1, -0.05) is 30.3 Å². The van der Waals surface area contributed by atoms with Gasteiger partial charge >= 0.3 is 0 Å². The average Bonchev–Trinajstić information content (AvgIpc) is 2.94. The average molecular weight is 330 g/mol. The van der Waals surface area contributed by atoms with E-state index in [9.17, 15) is 9.00 Å². The van der Waals surface area contributed by atoms with E-state index in [4.69, 9.17) is 0 Å². The van der Waals surface area contributed by atoms with Crippen LogP contribution in [0.3, 0.4) is 0 Å². The maximum absolute atomic E-state index is 12.9. The molecule has 0 radical (unpaired) electrons. The molecule has 0 N–H and O–H groups in total. The standard InChI is InChI=1S/C18H22N2O2S/c1-13-14(2)23(22)12-11-20(13)18(21)17-10-9-16(19(17)3)15-7-5-4-6-8-15/h4-10,13-14H,11-12H2,1-3H3/t13-,14-,23+/m1/s1. The molecule has 1 aliphatic rings. The SMILES string of the molecule is C[C@@H]1[C@@H](C)[S@@](=O)CCN1C(=O)c1ccc(-c2ccccc2)n1C. The maximum Gasteiger partial charge on any atom is 0.270 e. The highest BCUT2D eigenvalue weighted by Gasteiger charge is 2.34. The van der Waals surface area contributed by atoms with Gasteiger partial charge in [0, 0.05) is 41.9 Å². The zero-order valence-electron chi connectivity index (χ0n) is 13.7. The molecule has 1 aromatic heterocycles. The van der Waals surface area contributed by atoms with Crippen molar-refractivity contribution in [2.75, 3.05) is 12.3 Å². The summed E-state index contributed by atoms with van der Waals surface area (Å²) in [6.45, 7) is 4.50. The number of hydrogen-bond donors (Lipinski definition) is 0. The van der Waals surface area contributed by atoms with Gasteiger partial charge in [-0.15, -0.1) is 0 Å². The van der Waals surface area contributed by atoms with Crippen LogP contribution >= 0.6 is 0 Å². The lowest BCUT2D eigenvalue weighted by Crippen LogP contribution is -2.52. The van der Waals surface area contributed by atoms with E-state index < -0.39 is 10.8 Å². The second-order valence-corrected chi connectivity index (χ2v) is 7.97. The molecule has 1 saturated heterocycles. The van der Waals surface area contributed by atoms with Crippen molar-refractivity contribution in [3.63, 3.8) is 0 Å². The van der Waals surface area contributed by atoms with Gasteiger partial charge in [-0.3, -0.25) is 9.00 Å². The molecule has 1 aliphatic heterocycles. The van der Waals surface area contributed by atoms with Crippen molar-refractivity contribution < 1.29 is 9.00 Å². The van der Waals surface area contributed by atoms with E-state index >= 15 is 0 Å². The van der Waals surface area contributed by atoms with Gasteiger partial charge in [0.1, 0.15) is 5.69 Å². The third kappa shape index (κ3) is 2.85. The second kappa shape index (κ2) is 6.32. The lowest BCUT2D eigenvalue weighted by Gasteiger charge is -2.37. The molecule has 1 amide bonds. The Bertz CT molecular complexity index is 739. The number of hydrogen-bond acceptors (Lipinski definition) is 2. The smallest absolute Gasteiger partial charge is 0.270 e. The Morgan fingerprint density at radius 1 is 1.13 bits per heavy atom. The molecule has 2 aromatic rings. The third-order valence-electron chi connectivity index (χ3n) is 4.79. The molecule has 2 heterocycles. The Hall–Kier alpha value is -1.88. The molecule has 0 bridgehead atoms. The molecule has 3 rings (SSSR count). The summed E-state index contributed by atoms with van der Waals surface area (Å²) in [5, 5.41) is 0.0153. The molecule has 1 aromatic carbocycles. The van der Waals surface area contributed by atoms with Crippen molar-refractivity contribution in [3.05, 3.63) is 48.2 Å². The van der Waals surface area contributed by atoms with E-state index in [0.29, 0.717) is 18.0 Å². The minimum atomic E-state index is -0.839. The summed E-state index contributed by atoms with van der Waals surface area (Å²) < 4.78 is 13.9. The van der Waals surface area contributed by atoms with Crippen LogP contribution in [0, 0.1) is 0 Å². The second-order valence-electron chi connectivity index (χ2n) is 6.06. The fraction of sp³-hybridized carbons (Fsp3) is 0.389. The van der Waals surface area contributed by atoms with Crippen LogP contribution in [0.1, 0.15) is 24.3 Å². The van der Waals surface area contributed by atoms with E-state index in [1.165, 1.54) is 0 Å². The number of amides is 1. The van der Waals surface area contributed by atoms with Crippen LogP contribution in [-0.2, 0) is 17.8 Å². The zero-order valence-corrected chi connectivity index (χ0v) is 14.5. The minimum Gasteiger partial charge on any atom is -0.340 e. The Kier molecular flexibility index (Phi) is 4.39. The summed E-state index contributed by atoms with van der Waals surface area (Å²) in [4.78, 5) is 14.8. The van der Waals surface area contributed by atoms with E-state index in [-0.39, 0.29) is 17.2 Å². The van der Waals surface area contributed by atoms with Gasteiger partial charge in [0.2, 0.25) is 0 Å². The largest absolute Gasteiger partial charge is 0.340 e. The molecule has 0 saturated carbocycles. The quantitative estimate of drug-likeness (QED) is 0.849. The van der Waals surface area contributed by atoms with Crippen LogP contribution in [-0.4, -0.2) is 43.2 Å². The summed E-state index contributed by atoms with van der Waals surface area (Å²) in [5.41, 5.74) is 2.79. The lowest BCUT2D eigenvalue weighted by molar-refractivity contribution is 0.0686. The van der Waals surface area contributed by atoms with E-state index in [1.54, 1.807) is 0 Å². The highest BCUT2D eigenvalue weighted by atomic mass is 32.2. The molecule has 0 aliphatic carbocycles. The molecule has 122 valence electrons. The number of aromatic nitrogens is 1. The first-order valence-electron chi connectivity index (χ1n) is 7.90. The highest BCUT2D eigenvalue weighted by molar-refractivity contribution is 7.85. The summed E-state index contributed by atoms with van der Waals surface area (Å²) in [6.07, 6.45) is 0. The Balaban J connectivity index is 1.89. The molecule has 1 fully saturated rings. The fourth-order valence-electron chi connectivity index (χ4n) is 3.11. The molecule has 0 unspecified atom stereocenters. The first kappa shape index (κ1) is 16.0. The lowest BCUT2D eigenvalue weighted by atomic mass is 10.2. The zero-order chi connectivity index (χ0) is 16.6. The van der Waals surface area contributed by atoms with Crippen LogP contribution in [0.25, 0.3) is 11.3 Å². The van der Waals surface area contributed by atoms with Gasteiger partial charge in [-0.25, -0.2) is 0 Å². The van der Waals surface area contributed by atoms with Gasteiger partial charge in [-0.2, -0.15) is 0 Å². The third-order valence-corrected chi connectivity index (χ3v) is 6.60. The van der Waals surface area contributed by atoms with Gasteiger partial charge < -0.3 is 9.47 Å². The molecular formula is C18H22N2O2S. The Labute approximate surface area is 139 Å². The molecule has 4 nitrogen and oxygen atoms in total. The summed E-state index contributed by atoms with van der Waals surface area (Å²) >= 11 is 0. The molecular weight excluding hydrogens is 308 g/mol. The van der Waals surface area contributed by atoms with Crippen LogP contribution in [0.4, 0.5) is 0 Å². The van der Waals surface area contributed by atoms with Crippen LogP contribution in [0.5, 0.6) is 0 Å². The first-order chi connectivity index (χ1) is 11.0. The van der Waals surface area contributed by atoms with Gasteiger partial charge in [0.25, 0.3) is 5.91 Å². The molecule has 0 spiro atoms. The van der Waals surface area contributed by atoms with Crippen molar-refractivity contribution in [3.8, 4) is 11.3 Å². The van der Waals surface area contributed by atoms with Gasteiger partial charge in [0.15, 0.2) is 0 Å². The highest BCUT2D eigenvalue weighted by Crippen LogP contribution is 2.24. The van der Waals surface area contributed by atoms with E-state index in [2.05, 4.69) is 0 Å². The first-order valence-corrected chi connectivity index (χ1v) is 9.28. The van der Waals surface area contributed by atoms with Crippen molar-refractivity contribution in [1.82, 2.24) is 9.47 Å². The van der Waals surface area contributed by atoms with Gasteiger partial charge in [-0.05, 0) is 31.5 Å². The number of rotatable bonds is 2. The molecule has 5 heteroatoms. The van der Waals surface area contributed by atoms with Crippen molar-refractivity contribution in [1.29, 1.82) is 0 Å². The maximum atomic E-state index is 12.9. The number of carbonyl (C=O) groups excluding carboxylic acids is 1. The number of carbonyl (C=O) groups is 1. The van der Waals surface area contributed by atoms with Crippen LogP contribution in [0.2, 0.25) is 0 Å². The Morgan fingerprint density at radius 3 is 2.52 bits per heavy atom. The fourth-order valence-corrected chi connectivity index (χ4v) is 4.44. The number of nitrogens with zero attached hydrogens (tertiary/aromatic N) is 2. The summed E-state index contributed by atoms with van der Waals surface area (Å²) in [6, 6.07) is 13.9. The van der Waals surface area contributed by atoms with Crippen molar-refractivity contribution in [2.45, 2.75) is 25.1 Å². The van der Waals surface area contributed by atoms with E-state index in [0.717, 1.165) is 11.3 Å². The minimum absolute atomic E-state index is 0.00726. The predicted molar refractivity (Wildman–Crippen MR) is 93.8 cm³/mol. The number of benzene rings is 1. The normalized spacial score (nSPS) is 24.7. The molecule has 23 heavy (non-hydrogen) atoms. The molecule has 3 atom stereocenters. The topological polar surface area (TPSA) is 42.3 Å². The van der Waals surface area contributed by atoms with Crippen LogP contribution < -0.4 is 0 Å².